The molecule has 1 saturated heterocycles. The molecule has 34 heavy (non-hydrogen) atoms. The Hall–Kier alpha value is -3.17. The summed E-state index contributed by atoms with van der Waals surface area (Å²) in [5, 5.41) is 47.9. The number of aliphatic hydroxyl groups is 4. The summed E-state index contributed by atoms with van der Waals surface area (Å²) in [4.78, 5) is 24.7. The van der Waals surface area contributed by atoms with Gasteiger partial charge in [-0.1, -0.05) is 0 Å². The third-order valence-corrected chi connectivity index (χ3v) is 6.22. The first-order chi connectivity index (χ1) is 16.4. The zero-order valence-corrected chi connectivity index (χ0v) is 18.1. The number of ether oxygens (including phenoxy) is 1. The molecule has 1 amide bonds. The molecule has 0 aromatic carbocycles. The second-order valence-electron chi connectivity index (χ2n) is 8.61. The first-order valence-corrected chi connectivity index (χ1v) is 11.0. The molecule has 3 aromatic heterocycles. The largest absolute Gasteiger partial charge is 0.394 e. The van der Waals surface area contributed by atoms with Crippen LogP contribution in [0.5, 0.6) is 0 Å². The molecule has 0 bridgehead atoms. The average Bonchev–Trinajstić information content (AvgIpc) is 3.58. The zero-order chi connectivity index (χ0) is 24.0. The fourth-order valence-electron chi connectivity index (χ4n) is 4.45. The van der Waals surface area contributed by atoms with Crippen LogP contribution in [0.15, 0.2) is 18.7 Å². The van der Waals surface area contributed by atoms with Crippen molar-refractivity contribution in [2.24, 2.45) is 5.73 Å². The summed E-state index contributed by atoms with van der Waals surface area (Å²) in [5.41, 5.74) is 6.49. The number of fused-ring (bicyclic) bond motifs is 1. The summed E-state index contributed by atoms with van der Waals surface area (Å²) < 4.78 is 8.48. The van der Waals surface area contributed by atoms with E-state index in [1.807, 2.05) is 0 Å². The Morgan fingerprint density at radius 1 is 1.24 bits per heavy atom. The van der Waals surface area contributed by atoms with Crippen molar-refractivity contribution in [3.63, 3.8) is 0 Å². The molecule has 14 nitrogen and oxygen atoms in total. The number of hydrogen-bond acceptors (Lipinski definition) is 11. The van der Waals surface area contributed by atoms with Crippen molar-refractivity contribution in [2.45, 2.75) is 62.4 Å². The van der Waals surface area contributed by atoms with E-state index in [0.29, 0.717) is 23.3 Å². The Morgan fingerprint density at radius 3 is 2.74 bits per heavy atom. The molecule has 2 unspecified atom stereocenters. The van der Waals surface area contributed by atoms with Crippen molar-refractivity contribution in [3.05, 3.63) is 24.3 Å². The quantitative estimate of drug-likeness (QED) is 0.220. The highest BCUT2D eigenvalue weighted by molar-refractivity contribution is 5.84. The Labute approximate surface area is 193 Å². The van der Waals surface area contributed by atoms with Gasteiger partial charge in [0.2, 0.25) is 5.91 Å². The summed E-state index contributed by atoms with van der Waals surface area (Å²) in [7, 11) is 0. The van der Waals surface area contributed by atoms with E-state index in [4.69, 9.17) is 10.5 Å². The number of carbonyl (C=O) groups excluding carboxylic acids is 1. The molecule has 2 aliphatic rings. The summed E-state index contributed by atoms with van der Waals surface area (Å²) in [6, 6.07) is -0.229. The number of imidazole rings is 1. The number of aliphatic hydroxyl groups excluding tert-OH is 4. The lowest BCUT2D eigenvalue weighted by Crippen LogP contribution is -2.33. The van der Waals surface area contributed by atoms with E-state index in [1.165, 1.54) is 21.8 Å². The van der Waals surface area contributed by atoms with Crippen LogP contribution < -0.4 is 11.1 Å². The van der Waals surface area contributed by atoms with E-state index in [0.717, 1.165) is 12.8 Å². The van der Waals surface area contributed by atoms with Crippen LogP contribution in [0.25, 0.3) is 17.1 Å². The smallest absolute Gasteiger partial charge is 0.254 e. The number of amides is 1. The van der Waals surface area contributed by atoms with E-state index in [2.05, 4.69) is 25.4 Å². The molecule has 14 heteroatoms. The van der Waals surface area contributed by atoms with Crippen molar-refractivity contribution < 1.29 is 30.0 Å². The number of nitrogens with one attached hydrogen (secondary N) is 1. The first kappa shape index (κ1) is 22.6. The minimum atomic E-state index is -1.33. The van der Waals surface area contributed by atoms with Crippen LogP contribution in [0.1, 0.15) is 31.1 Å². The standard InChI is InChI=1S/C20H26N8O6/c21-13(31)4-9-5-23-28(6-9)20-25-17(24-10-2-1-3-11(10)30)14-18(26-20)27(8-22-14)19-16(33)15(32)12(7-29)34-19/h5-6,8,10-12,15-16,19,29-30,32-33H,1-4,7H2,(H2,21,31)(H,24,25,26)/t10-,11-,12-,15?,16?,19-/m1/s1. The number of hydrogen-bond donors (Lipinski definition) is 6. The fraction of sp³-hybridized carbons (Fsp3) is 0.550. The number of nitrogens with two attached hydrogens (primary N) is 1. The predicted octanol–water partition coefficient (Wildman–Crippen LogP) is -2.02. The minimum Gasteiger partial charge on any atom is -0.394 e. The number of rotatable bonds is 7. The van der Waals surface area contributed by atoms with Crippen LogP contribution >= 0.6 is 0 Å². The van der Waals surface area contributed by atoms with Gasteiger partial charge in [0.25, 0.3) is 5.95 Å². The SMILES string of the molecule is NC(=O)Cc1cnn(-c2nc(N[C@@H]3CCC[C@H]3O)c3ncn([C@@H]4O[C@H](CO)C(O)C4O)c3n2)c1. The average molecular weight is 474 g/mol. The molecule has 1 saturated carbocycles. The van der Waals surface area contributed by atoms with Crippen LogP contribution in [0, 0.1) is 0 Å². The summed E-state index contributed by atoms with van der Waals surface area (Å²) in [6.45, 7) is -0.468. The van der Waals surface area contributed by atoms with Gasteiger partial charge < -0.3 is 36.2 Å². The maximum absolute atomic E-state index is 11.3. The van der Waals surface area contributed by atoms with Crippen molar-refractivity contribution in [1.82, 2.24) is 29.3 Å². The van der Waals surface area contributed by atoms with Gasteiger partial charge in [-0.25, -0.2) is 9.67 Å². The molecule has 6 atom stereocenters. The number of nitrogens with zero attached hydrogens (tertiary/aromatic N) is 6. The number of aromatic nitrogens is 6. The van der Waals surface area contributed by atoms with E-state index in [-0.39, 0.29) is 24.1 Å². The summed E-state index contributed by atoms with van der Waals surface area (Å²) >= 11 is 0. The predicted molar refractivity (Wildman–Crippen MR) is 116 cm³/mol. The van der Waals surface area contributed by atoms with Gasteiger partial charge in [-0.2, -0.15) is 15.1 Å². The van der Waals surface area contributed by atoms with Gasteiger partial charge in [0, 0.05) is 6.20 Å². The Bertz CT molecular complexity index is 1200. The van der Waals surface area contributed by atoms with Crippen molar-refractivity contribution >= 4 is 22.9 Å². The van der Waals surface area contributed by atoms with E-state index in [9.17, 15) is 25.2 Å². The van der Waals surface area contributed by atoms with Crippen molar-refractivity contribution in [3.8, 4) is 5.95 Å². The Morgan fingerprint density at radius 2 is 2.06 bits per heavy atom. The molecule has 2 fully saturated rings. The van der Waals surface area contributed by atoms with Crippen LogP contribution in [0.3, 0.4) is 0 Å². The lowest BCUT2D eigenvalue weighted by molar-refractivity contribution is -0.117. The first-order valence-electron chi connectivity index (χ1n) is 11.0. The van der Waals surface area contributed by atoms with Crippen LogP contribution in [0.4, 0.5) is 5.82 Å². The monoisotopic (exact) mass is 474 g/mol. The van der Waals surface area contributed by atoms with E-state index < -0.39 is 43.2 Å². The van der Waals surface area contributed by atoms with Gasteiger partial charge >= 0.3 is 0 Å². The van der Waals surface area contributed by atoms with Gasteiger partial charge in [0.15, 0.2) is 23.2 Å². The fourth-order valence-corrected chi connectivity index (χ4v) is 4.45. The minimum absolute atomic E-state index is 0.00208. The van der Waals surface area contributed by atoms with Crippen molar-refractivity contribution in [1.29, 1.82) is 0 Å². The zero-order valence-electron chi connectivity index (χ0n) is 18.1. The number of anilines is 1. The molecular weight excluding hydrogens is 448 g/mol. The third-order valence-electron chi connectivity index (χ3n) is 6.22. The van der Waals surface area contributed by atoms with Crippen molar-refractivity contribution in [2.75, 3.05) is 11.9 Å². The molecule has 1 aliphatic carbocycles. The molecule has 4 heterocycles. The van der Waals surface area contributed by atoms with Gasteiger partial charge in [-0.3, -0.25) is 9.36 Å². The van der Waals surface area contributed by atoms with Crippen LogP contribution in [0.2, 0.25) is 0 Å². The third kappa shape index (κ3) is 3.99. The normalized spacial score (nSPS) is 29.2. The van der Waals surface area contributed by atoms with Crippen LogP contribution in [-0.4, -0.2) is 92.7 Å². The molecule has 5 rings (SSSR count). The summed E-state index contributed by atoms with van der Waals surface area (Å²) in [6.07, 6.45) is 1.59. The molecule has 0 radical (unpaired) electrons. The van der Waals surface area contributed by atoms with E-state index >= 15 is 0 Å². The Kier molecular flexibility index (Phi) is 5.91. The second-order valence-corrected chi connectivity index (χ2v) is 8.61. The summed E-state index contributed by atoms with van der Waals surface area (Å²) in [5.74, 6) is -0.00830. The van der Waals surface area contributed by atoms with Crippen LogP contribution in [-0.2, 0) is 16.0 Å². The molecule has 1 aliphatic heterocycles. The second kappa shape index (κ2) is 8.88. The van der Waals surface area contributed by atoms with E-state index in [1.54, 1.807) is 6.20 Å². The van der Waals surface area contributed by atoms with Gasteiger partial charge in [-0.05, 0) is 24.8 Å². The lowest BCUT2D eigenvalue weighted by Gasteiger charge is -2.19. The van der Waals surface area contributed by atoms with Gasteiger partial charge in [0.1, 0.15) is 18.3 Å². The van der Waals surface area contributed by atoms with Gasteiger partial charge in [-0.15, -0.1) is 0 Å². The Balaban J connectivity index is 1.59. The molecular formula is C20H26N8O6. The molecule has 3 aromatic rings. The number of primary amides is 1. The molecule has 182 valence electrons. The van der Waals surface area contributed by atoms with Gasteiger partial charge in [0.05, 0.1) is 37.7 Å². The molecule has 0 spiro atoms. The maximum Gasteiger partial charge on any atom is 0.254 e. The maximum atomic E-state index is 11.3. The molecule has 7 N–H and O–H groups in total. The highest BCUT2D eigenvalue weighted by Crippen LogP contribution is 2.33. The highest BCUT2D eigenvalue weighted by Gasteiger charge is 2.44. The topological polar surface area (TPSA) is 207 Å². The highest BCUT2D eigenvalue weighted by atomic mass is 16.6. The number of carbonyl (C=O) groups is 1. The lowest BCUT2D eigenvalue weighted by atomic mass is 10.1.